The number of imide groups is 1. The van der Waals surface area contributed by atoms with Gasteiger partial charge in [-0.3, -0.25) is 9.59 Å². The van der Waals surface area contributed by atoms with Crippen LogP contribution in [0.25, 0.3) is 17.4 Å². The van der Waals surface area contributed by atoms with Crippen molar-refractivity contribution in [3.8, 4) is 11.3 Å². The van der Waals surface area contributed by atoms with Gasteiger partial charge in [-0.15, -0.1) is 0 Å². The minimum Gasteiger partial charge on any atom is -0.457 e. The number of halogens is 3. The minimum atomic E-state index is -0.783. The molecule has 2 N–H and O–H groups in total. The Labute approximate surface area is 191 Å². The maximum atomic E-state index is 13.7. The lowest BCUT2D eigenvalue weighted by Crippen LogP contribution is -2.38. The Hall–Kier alpha value is -3.62. The SMILES string of the molecule is O=C(CN1C(=O)N/C(=C\c2ccc(-c3cccc(Cl)c3Cl)o2)C1=O)Nc1ccccc1F. The van der Waals surface area contributed by atoms with Crippen molar-refractivity contribution < 1.29 is 23.2 Å². The van der Waals surface area contributed by atoms with E-state index in [0.717, 1.165) is 0 Å². The van der Waals surface area contributed by atoms with Crippen molar-refractivity contribution in [3.63, 3.8) is 0 Å². The van der Waals surface area contributed by atoms with Crippen LogP contribution in [0.5, 0.6) is 0 Å². The van der Waals surface area contributed by atoms with E-state index in [-0.39, 0.29) is 17.1 Å². The normalized spacial score (nSPS) is 14.7. The van der Waals surface area contributed by atoms with Crippen molar-refractivity contribution in [3.05, 3.63) is 81.9 Å². The van der Waals surface area contributed by atoms with Crippen LogP contribution in [0.1, 0.15) is 5.76 Å². The fourth-order valence-electron chi connectivity index (χ4n) is 3.02. The fraction of sp³-hybridized carbons (Fsp3) is 0.0455. The highest BCUT2D eigenvalue weighted by Crippen LogP contribution is 2.34. The van der Waals surface area contributed by atoms with Gasteiger partial charge in [-0.2, -0.15) is 0 Å². The van der Waals surface area contributed by atoms with E-state index in [0.29, 0.717) is 26.3 Å². The summed E-state index contributed by atoms with van der Waals surface area (Å²) in [5, 5.41) is 5.40. The third-order valence-electron chi connectivity index (χ3n) is 4.54. The van der Waals surface area contributed by atoms with Gasteiger partial charge in [-0.05, 0) is 36.4 Å². The number of amides is 4. The molecule has 4 amide bonds. The minimum absolute atomic E-state index is 0.0527. The van der Waals surface area contributed by atoms with Crippen molar-refractivity contribution in [1.29, 1.82) is 0 Å². The molecule has 1 aliphatic rings. The monoisotopic (exact) mass is 473 g/mol. The Morgan fingerprint density at radius 2 is 1.88 bits per heavy atom. The van der Waals surface area contributed by atoms with Crippen molar-refractivity contribution in [2.45, 2.75) is 0 Å². The standard InChI is InChI=1S/C22H14Cl2FN3O4/c23-14-5-3-4-13(20(14)24)18-9-8-12(32-18)10-17-21(30)28(22(31)27-17)11-19(29)26-16-7-2-1-6-15(16)25/h1-10H,11H2,(H,26,29)(H,27,31)/b17-10-. The Kier molecular flexibility index (Phi) is 5.98. The van der Waals surface area contributed by atoms with Gasteiger partial charge in [0.25, 0.3) is 5.91 Å². The molecule has 1 fully saturated rings. The number of rotatable bonds is 5. The lowest BCUT2D eigenvalue weighted by Gasteiger charge is -2.12. The molecular weight excluding hydrogens is 460 g/mol. The quantitative estimate of drug-likeness (QED) is 0.406. The van der Waals surface area contributed by atoms with E-state index in [2.05, 4.69) is 10.6 Å². The first-order valence-corrected chi connectivity index (χ1v) is 10.0. The number of carbonyl (C=O) groups is 3. The van der Waals surface area contributed by atoms with Crippen LogP contribution in [-0.4, -0.2) is 29.3 Å². The van der Waals surface area contributed by atoms with E-state index in [1.165, 1.54) is 24.3 Å². The number of urea groups is 1. The summed E-state index contributed by atoms with van der Waals surface area (Å²) in [5.74, 6) is -1.39. The molecule has 3 aromatic rings. The van der Waals surface area contributed by atoms with Crippen molar-refractivity contribution in [1.82, 2.24) is 10.2 Å². The number of nitrogens with one attached hydrogen (secondary N) is 2. The maximum Gasteiger partial charge on any atom is 0.329 e. The van der Waals surface area contributed by atoms with Crippen molar-refractivity contribution >= 4 is 52.8 Å². The fourth-order valence-corrected chi connectivity index (χ4v) is 3.42. The summed E-state index contributed by atoms with van der Waals surface area (Å²) in [7, 11) is 0. The van der Waals surface area contributed by atoms with Crippen LogP contribution in [0.2, 0.25) is 10.0 Å². The van der Waals surface area contributed by atoms with Crippen LogP contribution >= 0.6 is 23.2 Å². The molecule has 2 heterocycles. The zero-order valence-electron chi connectivity index (χ0n) is 16.2. The topological polar surface area (TPSA) is 91.7 Å². The number of nitrogens with zero attached hydrogens (tertiary/aromatic N) is 1. The van der Waals surface area contributed by atoms with Crippen molar-refractivity contribution in [2.24, 2.45) is 0 Å². The predicted molar refractivity (Wildman–Crippen MR) is 117 cm³/mol. The van der Waals surface area contributed by atoms with Crippen LogP contribution in [0.15, 0.2) is 64.7 Å². The van der Waals surface area contributed by atoms with E-state index in [1.54, 1.807) is 36.4 Å². The molecule has 162 valence electrons. The van der Waals surface area contributed by atoms with E-state index in [9.17, 15) is 18.8 Å². The Morgan fingerprint density at radius 1 is 1.09 bits per heavy atom. The molecule has 1 saturated heterocycles. The summed E-state index contributed by atoms with van der Waals surface area (Å²) >= 11 is 12.2. The summed E-state index contributed by atoms with van der Waals surface area (Å²) in [5.41, 5.74) is 0.437. The molecule has 0 aliphatic carbocycles. The molecular formula is C22H14Cl2FN3O4. The number of benzene rings is 2. The van der Waals surface area contributed by atoms with Crippen LogP contribution in [-0.2, 0) is 9.59 Å². The van der Waals surface area contributed by atoms with Gasteiger partial charge < -0.3 is 15.1 Å². The summed E-state index contributed by atoms with van der Waals surface area (Å²) < 4.78 is 19.4. The second kappa shape index (κ2) is 8.86. The Balaban J connectivity index is 1.48. The second-order valence-electron chi connectivity index (χ2n) is 6.71. The number of hydrogen-bond acceptors (Lipinski definition) is 4. The first-order valence-electron chi connectivity index (χ1n) is 9.26. The number of furan rings is 1. The molecule has 7 nitrogen and oxygen atoms in total. The molecule has 0 bridgehead atoms. The van der Waals surface area contributed by atoms with E-state index in [1.807, 2.05) is 0 Å². The number of anilines is 1. The average Bonchev–Trinajstić information content (AvgIpc) is 3.32. The van der Waals surface area contributed by atoms with Gasteiger partial charge in [0.05, 0.1) is 15.7 Å². The van der Waals surface area contributed by atoms with Crippen LogP contribution in [0.4, 0.5) is 14.9 Å². The zero-order chi connectivity index (χ0) is 22.8. The number of para-hydroxylation sites is 1. The molecule has 32 heavy (non-hydrogen) atoms. The van der Waals surface area contributed by atoms with Gasteiger partial charge in [0.2, 0.25) is 5.91 Å². The molecule has 1 aliphatic heterocycles. The average molecular weight is 474 g/mol. The second-order valence-corrected chi connectivity index (χ2v) is 7.50. The maximum absolute atomic E-state index is 13.7. The lowest BCUT2D eigenvalue weighted by molar-refractivity contribution is -0.127. The first-order chi connectivity index (χ1) is 15.3. The van der Waals surface area contributed by atoms with Gasteiger partial charge in [0, 0.05) is 11.6 Å². The van der Waals surface area contributed by atoms with Crippen LogP contribution < -0.4 is 10.6 Å². The smallest absolute Gasteiger partial charge is 0.329 e. The molecule has 0 atom stereocenters. The highest BCUT2D eigenvalue weighted by Gasteiger charge is 2.35. The molecule has 0 unspecified atom stereocenters. The van der Waals surface area contributed by atoms with E-state index in [4.69, 9.17) is 27.6 Å². The summed E-state index contributed by atoms with van der Waals surface area (Å²) in [6, 6.07) is 13.1. The van der Waals surface area contributed by atoms with Gasteiger partial charge >= 0.3 is 6.03 Å². The Bertz CT molecular complexity index is 1270. The van der Waals surface area contributed by atoms with Gasteiger partial charge in [-0.25, -0.2) is 14.1 Å². The van der Waals surface area contributed by atoms with Crippen LogP contribution in [0, 0.1) is 5.82 Å². The summed E-state index contributed by atoms with van der Waals surface area (Å²) in [6.45, 7) is -0.585. The highest BCUT2D eigenvalue weighted by molar-refractivity contribution is 6.43. The zero-order valence-corrected chi connectivity index (χ0v) is 17.7. The molecule has 0 radical (unpaired) electrons. The van der Waals surface area contributed by atoms with E-state index < -0.39 is 30.2 Å². The van der Waals surface area contributed by atoms with Gasteiger partial charge in [-0.1, -0.05) is 41.4 Å². The molecule has 10 heteroatoms. The van der Waals surface area contributed by atoms with Gasteiger partial charge in [0.1, 0.15) is 29.6 Å². The largest absolute Gasteiger partial charge is 0.457 e. The highest BCUT2D eigenvalue weighted by atomic mass is 35.5. The van der Waals surface area contributed by atoms with E-state index >= 15 is 0 Å². The molecule has 1 aromatic heterocycles. The first kappa shape index (κ1) is 21.6. The predicted octanol–water partition coefficient (Wildman–Crippen LogP) is 4.92. The van der Waals surface area contributed by atoms with Gasteiger partial charge in [0.15, 0.2) is 0 Å². The van der Waals surface area contributed by atoms with Crippen LogP contribution in [0.3, 0.4) is 0 Å². The Morgan fingerprint density at radius 3 is 2.66 bits per heavy atom. The lowest BCUT2D eigenvalue weighted by atomic mass is 10.2. The number of hydrogen-bond donors (Lipinski definition) is 2. The molecule has 2 aromatic carbocycles. The third-order valence-corrected chi connectivity index (χ3v) is 5.36. The summed E-state index contributed by atoms with van der Waals surface area (Å²) in [4.78, 5) is 37.7. The third kappa shape index (κ3) is 4.37. The summed E-state index contributed by atoms with van der Waals surface area (Å²) in [6.07, 6.45) is 1.33. The number of carbonyl (C=O) groups excluding carboxylic acids is 3. The molecule has 0 spiro atoms. The molecule has 4 rings (SSSR count). The molecule has 0 saturated carbocycles. The van der Waals surface area contributed by atoms with Crippen molar-refractivity contribution in [2.75, 3.05) is 11.9 Å².